The maximum atomic E-state index is 12.3. The standard InChI is InChI=1S/C14H19N3O3/c1-20-14(19)17-9-7-16(8-10-17)13(18)12(15)11-5-3-2-4-6-11/h2-6,12H,7-10,15H2,1H3. The van der Waals surface area contributed by atoms with Gasteiger partial charge in [-0.15, -0.1) is 0 Å². The lowest BCUT2D eigenvalue weighted by Gasteiger charge is -2.35. The molecule has 20 heavy (non-hydrogen) atoms. The van der Waals surface area contributed by atoms with Crippen LogP contribution in [0.15, 0.2) is 30.3 Å². The van der Waals surface area contributed by atoms with Gasteiger partial charge in [-0.3, -0.25) is 4.79 Å². The van der Waals surface area contributed by atoms with Gasteiger partial charge in [-0.25, -0.2) is 4.79 Å². The monoisotopic (exact) mass is 277 g/mol. The molecule has 2 N–H and O–H groups in total. The molecule has 0 spiro atoms. The van der Waals surface area contributed by atoms with E-state index in [1.807, 2.05) is 30.3 Å². The first kappa shape index (κ1) is 14.3. The van der Waals surface area contributed by atoms with E-state index in [9.17, 15) is 9.59 Å². The van der Waals surface area contributed by atoms with Crippen LogP contribution in [0.3, 0.4) is 0 Å². The molecule has 0 radical (unpaired) electrons. The van der Waals surface area contributed by atoms with Crippen LogP contribution in [0.2, 0.25) is 0 Å². The van der Waals surface area contributed by atoms with Crippen LogP contribution in [-0.4, -0.2) is 55.1 Å². The van der Waals surface area contributed by atoms with E-state index >= 15 is 0 Å². The van der Waals surface area contributed by atoms with Gasteiger partial charge in [-0.2, -0.15) is 0 Å². The third-order valence-electron chi connectivity index (χ3n) is 3.45. The molecule has 2 amide bonds. The average molecular weight is 277 g/mol. The highest BCUT2D eigenvalue weighted by Gasteiger charge is 2.27. The summed E-state index contributed by atoms with van der Waals surface area (Å²) in [6, 6.07) is 8.63. The first-order valence-corrected chi connectivity index (χ1v) is 6.55. The molecule has 1 saturated heterocycles. The first-order chi connectivity index (χ1) is 9.63. The van der Waals surface area contributed by atoms with Crippen molar-refractivity contribution in [3.63, 3.8) is 0 Å². The Kier molecular flexibility index (Phi) is 4.57. The second kappa shape index (κ2) is 6.38. The number of nitrogens with zero attached hydrogens (tertiary/aromatic N) is 2. The van der Waals surface area contributed by atoms with Gasteiger partial charge < -0.3 is 20.3 Å². The van der Waals surface area contributed by atoms with E-state index in [0.29, 0.717) is 26.2 Å². The number of hydrogen-bond acceptors (Lipinski definition) is 4. The Labute approximate surface area is 118 Å². The Morgan fingerprint density at radius 3 is 2.20 bits per heavy atom. The van der Waals surface area contributed by atoms with Gasteiger partial charge in [0.2, 0.25) is 5.91 Å². The van der Waals surface area contributed by atoms with E-state index in [0.717, 1.165) is 5.56 Å². The van der Waals surface area contributed by atoms with E-state index in [4.69, 9.17) is 5.73 Å². The van der Waals surface area contributed by atoms with Crippen molar-refractivity contribution in [3.8, 4) is 0 Å². The van der Waals surface area contributed by atoms with Crippen molar-refractivity contribution in [1.82, 2.24) is 9.80 Å². The summed E-state index contributed by atoms with van der Waals surface area (Å²) < 4.78 is 4.66. The van der Waals surface area contributed by atoms with Gasteiger partial charge in [0.25, 0.3) is 0 Å². The lowest BCUT2D eigenvalue weighted by Crippen LogP contribution is -2.52. The zero-order valence-electron chi connectivity index (χ0n) is 11.5. The summed E-state index contributed by atoms with van der Waals surface area (Å²) >= 11 is 0. The highest BCUT2D eigenvalue weighted by molar-refractivity contribution is 5.83. The van der Waals surface area contributed by atoms with Crippen LogP contribution in [0.1, 0.15) is 11.6 Å². The van der Waals surface area contributed by atoms with Crippen LogP contribution in [-0.2, 0) is 9.53 Å². The average Bonchev–Trinajstić information content (AvgIpc) is 2.53. The Hall–Kier alpha value is -2.08. The van der Waals surface area contributed by atoms with Gasteiger partial charge in [0, 0.05) is 26.2 Å². The van der Waals surface area contributed by atoms with Crippen molar-refractivity contribution in [2.75, 3.05) is 33.3 Å². The van der Waals surface area contributed by atoms with Crippen molar-refractivity contribution >= 4 is 12.0 Å². The summed E-state index contributed by atoms with van der Waals surface area (Å²) in [4.78, 5) is 27.0. The fourth-order valence-electron chi connectivity index (χ4n) is 2.24. The Morgan fingerprint density at radius 1 is 1.10 bits per heavy atom. The minimum atomic E-state index is -0.652. The second-order valence-electron chi connectivity index (χ2n) is 4.67. The molecule has 1 heterocycles. The topological polar surface area (TPSA) is 75.9 Å². The Morgan fingerprint density at radius 2 is 1.65 bits per heavy atom. The molecule has 0 saturated carbocycles. The van der Waals surface area contributed by atoms with Gasteiger partial charge in [-0.05, 0) is 5.56 Å². The number of ether oxygens (including phenoxy) is 1. The maximum Gasteiger partial charge on any atom is 0.409 e. The number of carbonyl (C=O) groups excluding carboxylic acids is 2. The lowest BCUT2D eigenvalue weighted by atomic mass is 10.1. The van der Waals surface area contributed by atoms with Crippen LogP contribution in [0, 0.1) is 0 Å². The van der Waals surface area contributed by atoms with Gasteiger partial charge in [0.15, 0.2) is 0 Å². The number of piperazine rings is 1. The van der Waals surface area contributed by atoms with Crippen molar-refractivity contribution in [3.05, 3.63) is 35.9 Å². The molecule has 6 nitrogen and oxygen atoms in total. The molecule has 1 aromatic rings. The molecule has 2 rings (SSSR count). The molecule has 1 atom stereocenters. The SMILES string of the molecule is COC(=O)N1CCN(C(=O)C(N)c2ccccc2)CC1. The third kappa shape index (κ3) is 3.08. The normalized spacial score (nSPS) is 16.7. The third-order valence-corrected chi connectivity index (χ3v) is 3.45. The molecule has 108 valence electrons. The fourth-order valence-corrected chi connectivity index (χ4v) is 2.24. The van der Waals surface area contributed by atoms with Gasteiger partial charge >= 0.3 is 6.09 Å². The van der Waals surface area contributed by atoms with Crippen molar-refractivity contribution in [2.24, 2.45) is 5.73 Å². The molecule has 1 aliphatic heterocycles. The lowest BCUT2D eigenvalue weighted by molar-refractivity contribution is -0.134. The quantitative estimate of drug-likeness (QED) is 0.858. The number of methoxy groups -OCH3 is 1. The van der Waals surface area contributed by atoms with Gasteiger partial charge in [0.05, 0.1) is 7.11 Å². The maximum absolute atomic E-state index is 12.3. The Balaban J connectivity index is 1.93. The molecule has 1 aromatic carbocycles. The molecular formula is C14H19N3O3. The molecule has 1 aliphatic rings. The number of nitrogens with two attached hydrogens (primary N) is 1. The summed E-state index contributed by atoms with van der Waals surface area (Å²) in [6.07, 6.45) is -0.357. The highest BCUT2D eigenvalue weighted by Crippen LogP contribution is 2.14. The van der Waals surface area contributed by atoms with E-state index < -0.39 is 6.04 Å². The molecule has 1 unspecified atom stereocenters. The van der Waals surface area contributed by atoms with Crippen molar-refractivity contribution in [2.45, 2.75) is 6.04 Å². The van der Waals surface area contributed by atoms with Gasteiger partial charge in [0.1, 0.15) is 6.04 Å². The number of benzene rings is 1. The molecule has 0 aliphatic carbocycles. The molecule has 0 bridgehead atoms. The van der Waals surface area contributed by atoms with Crippen molar-refractivity contribution < 1.29 is 14.3 Å². The van der Waals surface area contributed by atoms with Crippen LogP contribution in [0.5, 0.6) is 0 Å². The van der Waals surface area contributed by atoms with E-state index in [1.54, 1.807) is 9.80 Å². The predicted molar refractivity (Wildman–Crippen MR) is 73.9 cm³/mol. The van der Waals surface area contributed by atoms with E-state index in [1.165, 1.54) is 7.11 Å². The van der Waals surface area contributed by atoms with E-state index in [-0.39, 0.29) is 12.0 Å². The van der Waals surface area contributed by atoms with Crippen molar-refractivity contribution in [1.29, 1.82) is 0 Å². The predicted octanol–water partition coefficient (Wildman–Crippen LogP) is 0.597. The highest BCUT2D eigenvalue weighted by atomic mass is 16.5. The molecule has 6 heteroatoms. The van der Waals surface area contributed by atoms with Crippen LogP contribution in [0.4, 0.5) is 4.79 Å². The van der Waals surface area contributed by atoms with Gasteiger partial charge in [-0.1, -0.05) is 30.3 Å². The number of hydrogen-bond donors (Lipinski definition) is 1. The first-order valence-electron chi connectivity index (χ1n) is 6.55. The van der Waals surface area contributed by atoms with Crippen LogP contribution < -0.4 is 5.73 Å². The summed E-state index contributed by atoms with van der Waals surface area (Å²) in [6.45, 7) is 1.91. The summed E-state index contributed by atoms with van der Waals surface area (Å²) in [5.41, 5.74) is 6.79. The van der Waals surface area contributed by atoms with E-state index in [2.05, 4.69) is 4.74 Å². The second-order valence-corrected chi connectivity index (χ2v) is 4.67. The number of carbonyl (C=O) groups is 2. The summed E-state index contributed by atoms with van der Waals surface area (Å²) in [5, 5.41) is 0. The minimum Gasteiger partial charge on any atom is -0.453 e. The number of rotatable bonds is 2. The fraction of sp³-hybridized carbons (Fsp3) is 0.429. The molecule has 1 fully saturated rings. The zero-order valence-corrected chi connectivity index (χ0v) is 11.5. The zero-order chi connectivity index (χ0) is 14.5. The minimum absolute atomic E-state index is 0.110. The summed E-state index contributed by atoms with van der Waals surface area (Å²) in [5.74, 6) is -0.110. The largest absolute Gasteiger partial charge is 0.453 e. The molecular weight excluding hydrogens is 258 g/mol. The smallest absolute Gasteiger partial charge is 0.409 e. The van der Waals surface area contributed by atoms with Crippen LogP contribution >= 0.6 is 0 Å². The summed E-state index contributed by atoms with van der Waals surface area (Å²) in [7, 11) is 1.35. The number of amides is 2. The Bertz CT molecular complexity index is 470. The van der Waals surface area contributed by atoms with Crippen LogP contribution in [0.25, 0.3) is 0 Å². The molecule has 0 aromatic heterocycles.